The Balaban J connectivity index is 2.29. The van der Waals surface area contributed by atoms with Crippen molar-refractivity contribution in [2.24, 2.45) is 10.8 Å². The molecule has 0 amide bonds. The molecule has 0 spiro atoms. The topological polar surface area (TPSA) is 75.3 Å². The Bertz CT molecular complexity index is 612. The number of pyridine rings is 1. The van der Waals surface area contributed by atoms with Gasteiger partial charge in [-0.3, -0.25) is 15.4 Å². The predicted octanol–water partition coefficient (Wildman–Crippen LogP) is 2.92. The Morgan fingerprint density at radius 2 is 2.25 bits per heavy atom. The molecule has 106 valence electrons. The van der Waals surface area contributed by atoms with Crippen LogP contribution in [0.2, 0.25) is 5.02 Å². The van der Waals surface area contributed by atoms with Crippen LogP contribution >= 0.6 is 11.6 Å². The Kier molecular flexibility index (Phi) is 5.15. The maximum absolute atomic E-state index is 6.16. The summed E-state index contributed by atoms with van der Waals surface area (Å²) in [6, 6.07) is 7.48. The first-order valence-corrected chi connectivity index (χ1v) is 6.95. The van der Waals surface area contributed by atoms with Crippen LogP contribution in [0.15, 0.2) is 35.5 Å². The Morgan fingerprint density at radius 1 is 1.40 bits per heavy atom. The molecule has 0 unspecified atom stereocenters. The van der Waals surface area contributed by atoms with Gasteiger partial charge >= 0.3 is 0 Å². The molecule has 2 aromatic rings. The molecule has 0 saturated heterocycles. The SMILES string of the molecule is CCCCN=C(NN)Nc1ccc(Cl)c2cccnc12. The Morgan fingerprint density at radius 3 is 3.00 bits per heavy atom. The molecular formula is C14H18ClN5. The van der Waals surface area contributed by atoms with E-state index in [2.05, 4.69) is 27.6 Å². The Labute approximate surface area is 123 Å². The highest BCUT2D eigenvalue weighted by Gasteiger charge is 2.07. The van der Waals surface area contributed by atoms with Crippen LogP contribution in [0.4, 0.5) is 5.69 Å². The fourth-order valence-electron chi connectivity index (χ4n) is 1.84. The highest BCUT2D eigenvalue weighted by molar-refractivity contribution is 6.35. The van der Waals surface area contributed by atoms with Gasteiger partial charge in [-0.15, -0.1) is 0 Å². The number of nitrogens with zero attached hydrogens (tertiary/aromatic N) is 2. The van der Waals surface area contributed by atoms with E-state index < -0.39 is 0 Å². The van der Waals surface area contributed by atoms with Crippen molar-refractivity contribution in [1.29, 1.82) is 0 Å². The van der Waals surface area contributed by atoms with Crippen LogP contribution < -0.4 is 16.6 Å². The van der Waals surface area contributed by atoms with Crippen LogP contribution in [0.3, 0.4) is 0 Å². The molecule has 1 heterocycles. The maximum atomic E-state index is 6.16. The smallest absolute Gasteiger partial charge is 0.210 e. The molecule has 0 aliphatic rings. The number of hydrogen-bond donors (Lipinski definition) is 3. The first kappa shape index (κ1) is 14.6. The molecule has 6 heteroatoms. The number of hydrazine groups is 1. The average molecular weight is 292 g/mol. The number of halogens is 1. The van der Waals surface area contributed by atoms with E-state index >= 15 is 0 Å². The number of guanidine groups is 1. The van der Waals surface area contributed by atoms with E-state index in [9.17, 15) is 0 Å². The second kappa shape index (κ2) is 7.07. The summed E-state index contributed by atoms with van der Waals surface area (Å²) in [5, 5.41) is 4.71. The first-order valence-electron chi connectivity index (χ1n) is 6.57. The lowest BCUT2D eigenvalue weighted by atomic mass is 10.2. The third-order valence-corrected chi connectivity index (χ3v) is 3.22. The number of fused-ring (bicyclic) bond motifs is 1. The standard InChI is InChI=1S/C14H18ClN5/c1-2-3-8-18-14(20-16)19-12-7-6-11(15)10-5-4-9-17-13(10)12/h4-7,9H,2-3,8,16H2,1H3,(H2,18,19,20). The van der Waals surface area contributed by atoms with E-state index in [-0.39, 0.29) is 0 Å². The third kappa shape index (κ3) is 3.37. The molecule has 0 atom stereocenters. The molecule has 20 heavy (non-hydrogen) atoms. The van der Waals surface area contributed by atoms with Crippen LogP contribution in [0, 0.1) is 0 Å². The summed E-state index contributed by atoms with van der Waals surface area (Å²) in [5.74, 6) is 6.01. The van der Waals surface area contributed by atoms with Gasteiger partial charge in [0.15, 0.2) is 0 Å². The second-order valence-electron chi connectivity index (χ2n) is 4.35. The van der Waals surface area contributed by atoms with Crippen LogP contribution in [-0.4, -0.2) is 17.5 Å². The van der Waals surface area contributed by atoms with Gasteiger partial charge in [0.05, 0.1) is 16.2 Å². The maximum Gasteiger partial charge on any atom is 0.210 e. The van der Waals surface area contributed by atoms with Crippen LogP contribution in [0.25, 0.3) is 10.9 Å². The number of hydrogen-bond acceptors (Lipinski definition) is 3. The summed E-state index contributed by atoms with van der Waals surface area (Å²) in [6.45, 7) is 2.84. The molecule has 0 saturated carbocycles. The minimum absolute atomic E-state index is 0.521. The summed E-state index contributed by atoms with van der Waals surface area (Å²) in [4.78, 5) is 8.72. The molecule has 2 rings (SSSR count). The van der Waals surface area contributed by atoms with Gasteiger partial charge in [0, 0.05) is 18.1 Å². The lowest BCUT2D eigenvalue weighted by Crippen LogP contribution is -2.36. The molecule has 0 aliphatic heterocycles. The molecule has 0 bridgehead atoms. The molecule has 5 nitrogen and oxygen atoms in total. The summed E-state index contributed by atoms with van der Waals surface area (Å²) in [5.41, 5.74) is 4.17. The zero-order valence-electron chi connectivity index (χ0n) is 11.4. The van der Waals surface area contributed by atoms with Gasteiger partial charge in [0.1, 0.15) is 0 Å². The van der Waals surface area contributed by atoms with Crippen LogP contribution in [0.5, 0.6) is 0 Å². The minimum Gasteiger partial charge on any atom is -0.323 e. The van der Waals surface area contributed by atoms with E-state index in [0.29, 0.717) is 11.0 Å². The zero-order chi connectivity index (χ0) is 14.4. The average Bonchev–Trinajstić information content (AvgIpc) is 2.49. The van der Waals surface area contributed by atoms with Gasteiger partial charge in [-0.05, 0) is 30.7 Å². The van der Waals surface area contributed by atoms with Crippen molar-refractivity contribution < 1.29 is 0 Å². The number of aliphatic imine (C=N–C) groups is 1. The first-order chi connectivity index (χ1) is 9.76. The van der Waals surface area contributed by atoms with Gasteiger partial charge in [-0.1, -0.05) is 24.9 Å². The zero-order valence-corrected chi connectivity index (χ0v) is 12.1. The van der Waals surface area contributed by atoms with Crippen molar-refractivity contribution in [3.63, 3.8) is 0 Å². The number of aromatic nitrogens is 1. The minimum atomic E-state index is 0.521. The summed E-state index contributed by atoms with van der Waals surface area (Å²) < 4.78 is 0. The molecular weight excluding hydrogens is 274 g/mol. The van der Waals surface area contributed by atoms with Crippen molar-refractivity contribution in [3.05, 3.63) is 35.5 Å². The van der Waals surface area contributed by atoms with Gasteiger partial charge in [0.2, 0.25) is 5.96 Å². The lowest BCUT2D eigenvalue weighted by molar-refractivity contribution is 0.801. The highest BCUT2D eigenvalue weighted by atomic mass is 35.5. The fraction of sp³-hybridized carbons (Fsp3) is 0.286. The van der Waals surface area contributed by atoms with Crippen molar-refractivity contribution in [3.8, 4) is 0 Å². The summed E-state index contributed by atoms with van der Waals surface area (Å²) in [6.07, 6.45) is 3.84. The van der Waals surface area contributed by atoms with E-state index in [1.165, 1.54) is 0 Å². The number of benzene rings is 1. The van der Waals surface area contributed by atoms with E-state index in [4.69, 9.17) is 17.4 Å². The van der Waals surface area contributed by atoms with Crippen molar-refractivity contribution in [1.82, 2.24) is 10.4 Å². The summed E-state index contributed by atoms with van der Waals surface area (Å²) in [7, 11) is 0. The molecule has 0 aliphatic carbocycles. The molecule has 4 N–H and O–H groups in total. The number of nitrogens with two attached hydrogens (primary N) is 1. The van der Waals surface area contributed by atoms with Crippen molar-refractivity contribution in [2.75, 3.05) is 11.9 Å². The van der Waals surface area contributed by atoms with Gasteiger partial charge in [-0.2, -0.15) is 0 Å². The number of anilines is 1. The van der Waals surface area contributed by atoms with E-state index in [1.807, 2.05) is 24.3 Å². The largest absolute Gasteiger partial charge is 0.323 e. The number of unbranched alkanes of at least 4 members (excludes halogenated alkanes) is 1. The van der Waals surface area contributed by atoms with Crippen LogP contribution in [0.1, 0.15) is 19.8 Å². The lowest BCUT2D eigenvalue weighted by Gasteiger charge is -2.11. The highest BCUT2D eigenvalue weighted by Crippen LogP contribution is 2.27. The fourth-order valence-corrected chi connectivity index (χ4v) is 2.05. The third-order valence-electron chi connectivity index (χ3n) is 2.89. The number of rotatable bonds is 4. The molecule has 0 fully saturated rings. The molecule has 1 aromatic heterocycles. The van der Waals surface area contributed by atoms with E-state index in [0.717, 1.165) is 36.0 Å². The monoisotopic (exact) mass is 291 g/mol. The molecule has 0 radical (unpaired) electrons. The quantitative estimate of drug-likeness (QED) is 0.266. The van der Waals surface area contributed by atoms with Crippen LogP contribution in [-0.2, 0) is 0 Å². The van der Waals surface area contributed by atoms with E-state index in [1.54, 1.807) is 6.20 Å². The van der Waals surface area contributed by atoms with Gasteiger partial charge in [0.25, 0.3) is 0 Å². The van der Waals surface area contributed by atoms with Crippen molar-refractivity contribution in [2.45, 2.75) is 19.8 Å². The Hall–Kier alpha value is -1.85. The predicted molar refractivity (Wildman–Crippen MR) is 84.9 cm³/mol. The number of nitrogens with one attached hydrogen (secondary N) is 2. The van der Waals surface area contributed by atoms with Gasteiger partial charge < -0.3 is 5.32 Å². The normalized spacial score (nSPS) is 11.7. The van der Waals surface area contributed by atoms with Crippen molar-refractivity contribution >= 4 is 34.2 Å². The van der Waals surface area contributed by atoms with Gasteiger partial charge in [-0.25, -0.2) is 5.84 Å². The molecule has 1 aromatic carbocycles. The second-order valence-corrected chi connectivity index (χ2v) is 4.75. The summed E-state index contributed by atoms with van der Waals surface area (Å²) >= 11 is 6.16.